The number of fused-ring (bicyclic) bond motifs is 1. The van der Waals surface area contributed by atoms with Gasteiger partial charge in [-0.2, -0.15) is 0 Å². The predicted octanol–water partition coefficient (Wildman–Crippen LogP) is 2.56. The molecule has 0 unspecified atom stereocenters. The Balaban J connectivity index is 1.50. The van der Waals surface area contributed by atoms with E-state index >= 15 is 0 Å². The van der Waals surface area contributed by atoms with Crippen LogP contribution in [0, 0.1) is 13.8 Å². The van der Waals surface area contributed by atoms with Gasteiger partial charge in [-0.1, -0.05) is 23.4 Å². The van der Waals surface area contributed by atoms with Gasteiger partial charge in [0.2, 0.25) is 0 Å². The number of carbonyl (C=O) groups is 1. The summed E-state index contributed by atoms with van der Waals surface area (Å²) in [4.78, 5) is 36.0. The van der Waals surface area contributed by atoms with E-state index in [-0.39, 0.29) is 17.2 Å². The van der Waals surface area contributed by atoms with Crippen LogP contribution in [0.1, 0.15) is 27.7 Å². The molecule has 1 aromatic carbocycles. The summed E-state index contributed by atoms with van der Waals surface area (Å²) in [7, 11) is 0. The number of aromatic nitrogens is 4. The maximum atomic E-state index is 12.5. The van der Waals surface area contributed by atoms with Gasteiger partial charge in [-0.25, -0.2) is 9.97 Å². The minimum atomic E-state index is -0.351. The lowest BCUT2D eigenvalue weighted by molar-refractivity contribution is 0.0949. The molecule has 146 valence electrons. The second-order valence-corrected chi connectivity index (χ2v) is 6.72. The molecule has 0 aliphatic heterocycles. The third kappa shape index (κ3) is 3.91. The Morgan fingerprint density at radius 2 is 2.03 bits per heavy atom. The van der Waals surface area contributed by atoms with Gasteiger partial charge in [0, 0.05) is 30.6 Å². The Morgan fingerprint density at radius 1 is 1.21 bits per heavy atom. The number of aromatic amines is 1. The van der Waals surface area contributed by atoms with Crippen LogP contribution < -0.4 is 10.9 Å². The molecular weight excluding hydrogens is 370 g/mol. The van der Waals surface area contributed by atoms with Crippen molar-refractivity contribution in [3.8, 4) is 11.3 Å². The Morgan fingerprint density at radius 3 is 2.83 bits per heavy atom. The predicted molar refractivity (Wildman–Crippen MR) is 108 cm³/mol. The zero-order valence-electron chi connectivity index (χ0n) is 16.0. The number of H-pyrrole nitrogens is 1. The van der Waals surface area contributed by atoms with E-state index in [2.05, 4.69) is 25.4 Å². The fourth-order valence-electron chi connectivity index (χ4n) is 3.13. The fraction of sp³-hybridized carbons (Fsp3) is 0.190. The molecule has 3 aromatic heterocycles. The molecule has 0 radical (unpaired) electrons. The molecule has 0 aliphatic rings. The lowest BCUT2D eigenvalue weighted by atomic mass is 10.1. The van der Waals surface area contributed by atoms with Crippen molar-refractivity contribution >= 4 is 16.7 Å². The Hall–Kier alpha value is -3.81. The van der Waals surface area contributed by atoms with Crippen LogP contribution in [-0.2, 0) is 6.42 Å². The Bertz CT molecular complexity index is 1260. The molecule has 0 bridgehead atoms. The van der Waals surface area contributed by atoms with Crippen LogP contribution in [0.4, 0.5) is 0 Å². The van der Waals surface area contributed by atoms with Gasteiger partial charge in [0.1, 0.15) is 11.5 Å². The molecule has 3 heterocycles. The molecule has 8 nitrogen and oxygen atoms in total. The average molecular weight is 389 g/mol. The Kier molecular flexibility index (Phi) is 4.90. The monoisotopic (exact) mass is 389 g/mol. The zero-order valence-corrected chi connectivity index (χ0v) is 16.0. The van der Waals surface area contributed by atoms with Crippen LogP contribution >= 0.6 is 0 Å². The highest BCUT2D eigenvalue weighted by molar-refractivity contribution is 5.96. The number of pyridine rings is 1. The standard InChI is InChI=1S/C21H19N5O3/c1-12-9-19(29-26-12)16-11-23-13(2)24-17(16)7-8-22-21(28)18-10-14-5-3-4-6-15(14)20(27)25-18/h3-6,9-11H,7-8H2,1-2H3,(H,22,28)(H,25,27). The second kappa shape index (κ2) is 7.67. The van der Waals surface area contributed by atoms with Gasteiger partial charge in [-0.3, -0.25) is 9.59 Å². The molecule has 0 atom stereocenters. The first-order valence-electron chi connectivity index (χ1n) is 9.18. The van der Waals surface area contributed by atoms with Crippen LogP contribution in [0.5, 0.6) is 0 Å². The quantitative estimate of drug-likeness (QED) is 0.542. The van der Waals surface area contributed by atoms with Gasteiger partial charge >= 0.3 is 0 Å². The third-order valence-electron chi connectivity index (χ3n) is 4.53. The van der Waals surface area contributed by atoms with Gasteiger partial charge < -0.3 is 14.8 Å². The van der Waals surface area contributed by atoms with Crippen molar-refractivity contribution in [3.05, 3.63) is 75.9 Å². The zero-order chi connectivity index (χ0) is 20.4. The summed E-state index contributed by atoms with van der Waals surface area (Å²) in [6.07, 6.45) is 2.17. The summed E-state index contributed by atoms with van der Waals surface area (Å²) >= 11 is 0. The number of aryl methyl sites for hydroxylation is 2. The first-order chi connectivity index (χ1) is 14.0. The molecule has 2 N–H and O–H groups in total. The van der Waals surface area contributed by atoms with Crippen molar-refractivity contribution in [2.45, 2.75) is 20.3 Å². The molecule has 0 spiro atoms. The maximum Gasteiger partial charge on any atom is 0.267 e. The molecule has 0 aliphatic carbocycles. The summed E-state index contributed by atoms with van der Waals surface area (Å²) in [6, 6.07) is 10.6. The highest BCUT2D eigenvalue weighted by Gasteiger charge is 2.14. The molecular formula is C21H19N5O3. The summed E-state index contributed by atoms with van der Waals surface area (Å²) in [5, 5.41) is 8.00. The summed E-state index contributed by atoms with van der Waals surface area (Å²) in [5.41, 5.74) is 2.19. The highest BCUT2D eigenvalue weighted by atomic mass is 16.5. The molecule has 0 fully saturated rings. The summed E-state index contributed by atoms with van der Waals surface area (Å²) in [5.74, 6) is 0.864. The van der Waals surface area contributed by atoms with Gasteiger partial charge in [0.05, 0.1) is 17.0 Å². The van der Waals surface area contributed by atoms with Crippen molar-refractivity contribution in [3.63, 3.8) is 0 Å². The van der Waals surface area contributed by atoms with Crippen molar-refractivity contribution in [1.29, 1.82) is 0 Å². The van der Waals surface area contributed by atoms with E-state index in [1.54, 1.807) is 37.4 Å². The van der Waals surface area contributed by atoms with E-state index in [1.807, 2.05) is 19.1 Å². The van der Waals surface area contributed by atoms with Gasteiger partial charge in [0.25, 0.3) is 11.5 Å². The SMILES string of the molecule is Cc1cc(-c2cnc(C)nc2CCNC(=O)c2cc3ccccc3c(=O)[nH]2)on1. The van der Waals surface area contributed by atoms with Crippen LogP contribution in [0.25, 0.3) is 22.1 Å². The number of hydrogen-bond acceptors (Lipinski definition) is 6. The number of carbonyl (C=O) groups excluding carboxylic acids is 1. The molecule has 0 saturated carbocycles. The first-order valence-corrected chi connectivity index (χ1v) is 9.18. The van der Waals surface area contributed by atoms with Crippen molar-refractivity contribution < 1.29 is 9.32 Å². The topological polar surface area (TPSA) is 114 Å². The van der Waals surface area contributed by atoms with Crippen LogP contribution in [0.15, 0.2) is 51.9 Å². The smallest absolute Gasteiger partial charge is 0.267 e. The van der Waals surface area contributed by atoms with E-state index in [9.17, 15) is 9.59 Å². The van der Waals surface area contributed by atoms with Crippen LogP contribution in [0.3, 0.4) is 0 Å². The molecule has 0 saturated heterocycles. The normalized spacial score (nSPS) is 11.0. The summed E-state index contributed by atoms with van der Waals surface area (Å²) < 4.78 is 5.32. The van der Waals surface area contributed by atoms with E-state index in [4.69, 9.17) is 4.52 Å². The molecule has 8 heteroatoms. The number of rotatable bonds is 5. The average Bonchev–Trinajstić information content (AvgIpc) is 3.14. The highest BCUT2D eigenvalue weighted by Crippen LogP contribution is 2.23. The van der Waals surface area contributed by atoms with Crippen molar-refractivity contribution in [2.75, 3.05) is 6.54 Å². The van der Waals surface area contributed by atoms with Crippen molar-refractivity contribution in [1.82, 2.24) is 25.4 Å². The van der Waals surface area contributed by atoms with Crippen LogP contribution in [-0.4, -0.2) is 32.6 Å². The van der Waals surface area contributed by atoms with Crippen molar-refractivity contribution in [2.24, 2.45) is 0 Å². The Labute approximate surface area is 166 Å². The molecule has 4 rings (SSSR count). The van der Waals surface area contributed by atoms with E-state index in [1.165, 1.54) is 0 Å². The minimum Gasteiger partial charge on any atom is -0.356 e. The number of hydrogen-bond donors (Lipinski definition) is 2. The number of nitrogens with one attached hydrogen (secondary N) is 2. The third-order valence-corrected chi connectivity index (χ3v) is 4.53. The van der Waals surface area contributed by atoms with Crippen LogP contribution in [0.2, 0.25) is 0 Å². The maximum absolute atomic E-state index is 12.5. The lowest BCUT2D eigenvalue weighted by Gasteiger charge is -2.09. The summed E-state index contributed by atoms with van der Waals surface area (Å²) in [6.45, 7) is 3.98. The number of benzene rings is 1. The second-order valence-electron chi connectivity index (χ2n) is 6.72. The number of nitrogens with zero attached hydrogens (tertiary/aromatic N) is 3. The minimum absolute atomic E-state index is 0.221. The van der Waals surface area contributed by atoms with E-state index < -0.39 is 0 Å². The largest absolute Gasteiger partial charge is 0.356 e. The van der Waals surface area contributed by atoms with Gasteiger partial charge in [-0.05, 0) is 31.4 Å². The fourth-order valence-corrected chi connectivity index (χ4v) is 3.13. The first kappa shape index (κ1) is 18.5. The van der Waals surface area contributed by atoms with Gasteiger partial charge in [-0.15, -0.1) is 0 Å². The van der Waals surface area contributed by atoms with E-state index in [0.29, 0.717) is 29.9 Å². The van der Waals surface area contributed by atoms with Gasteiger partial charge in [0.15, 0.2) is 5.76 Å². The number of amides is 1. The molecule has 4 aromatic rings. The molecule has 1 amide bonds. The van der Waals surface area contributed by atoms with E-state index in [0.717, 1.165) is 22.3 Å². The lowest BCUT2D eigenvalue weighted by Crippen LogP contribution is -2.28. The molecule has 29 heavy (non-hydrogen) atoms.